The minimum absolute atomic E-state index is 0.0323. The first-order chi connectivity index (χ1) is 10.3. The number of carbonyl (C=O) groups is 1. The molecule has 2 atom stereocenters. The molecule has 0 aromatic heterocycles. The first-order valence-corrected chi connectivity index (χ1v) is 8.40. The van der Waals surface area contributed by atoms with Crippen molar-refractivity contribution in [2.75, 3.05) is 13.1 Å². The third kappa shape index (κ3) is 2.04. The van der Waals surface area contributed by atoms with Gasteiger partial charge in [0.05, 0.1) is 5.41 Å². The van der Waals surface area contributed by atoms with E-state index in [-0.39, 0.29) is 19.0 Å². The number of carboxylic acids is 1. The summed E-state index contributed by atoms with van der Waals surface area (Å²) in [6.45, 7) is -0.157. The second-order valence-electron chi connectivity index (χ2n) is 5.90. The van der Waals surface area contributed by atoms with Gasteiger partial charge < -0.3 is 5.11 Å². The van der Waals surface area contributed by atoms with Gasteiger partial charge >= 0.3 is 5.97 Å². The van der Waals surface area contributed by atoms with Crippen molar-refractivity contribution in [3.05, 3.63) is 29.8 Å². The molecule has 2 fully saturated rings. The summed E-state index contributed by atoms with van der Waals surface area (Å²) in [5.41, 5.74) is -1.10. The standard InChI is InChI=1S/C14H15F2NO4S/c15-10-4-1-5-11(12(10)16)22(20,21)17-7-9-3-2-6-14(9,8-17)13(18)19/h1,4-5,9H,2-3,6-8H2,(H,18,19)/t9-,14+/m0/s1. The number of hydrogen-bond donors (Lipinski definition) is 1. The van der Waals surface area contributed by atoms with E-state index in [1.54, 1.807) is 0 Å². The summed E-state index contributed by atoms with van der Waals surface area (Å²) in [7, 11) is -4.25. The van der Waals surface area contributed by atoms with Crippen molar-refractivity contribution < 1.29 is 27.1 Å². The third-order valence-electron chi connectivity index (χ3n) is 4.80. The Labute approximate surface area is 126 Å². The van der Waals surface area contributed by atoms with Gasteiger partial charge in [-0.2, -0.15) is 4.31 Å². The van der Waals surface area contributed by atoms with Gasteiger partial charge in [0.1, 0.15) is 4.90 Å². The Morgan fingerprint density at radius 1 is 1.36 bits per heavy atom. The van der Waals surface area contributed by atoms with Gasteiger partial charge in [0.25, 0.3) is 0 Å². The number of rotatable bonds is 3. The molecule has 1 aliphatic heterocycles. The number of hydrogen-bond acceptors (Lipinski definition) is 3. The molecule has 1 N–H and O–H groups in total. The Kier molecular flexibility index (Phi) is 3.48. The molecule has 8 heteroatoms. The van der Waals surface area contributed by atoms with Crippen LogP contribution < -0.4 is 0 Å². The Bertz CT molecular complexity index is 736. The van der Waals surface area contributed by atoms with Gasteiger partial charge in [-0.1, -0.05) is 12.5 Å². The molecule has 1 saturated heterocycles. The fraction of sp³-hybridized carbons (Fsp3) is 0.500. The van der Waals surface area contributed by atoms with Crippen molar-refractivity contribution in [3.63, 3.8) is 0 Å². The summed E-state index contributed by atoms with van der Waals surface area (Å²) in [5.74, 6) is -3.97. The summed E-state index contributed by atoms with van der Waals surface area (Å²) in [5, 5.41) is 9.47. The highest BCUT2D eigenvalue weighted by molar-refractivity contribution is 7.89. The number of halogens is 2. The van der Waals surface area contributed by atoms with Crippen LogP contribution in [0.4, 0.5) is 8.78 Å². The lowest BCUT2D eigenvalue weighted by molar-refractivity contribution is -0.149. The molecule has 0 amide bonds. The highest BCUT2D eigenvalue weighted by Gasteiger charge is 2.57. The smallest absolute Gasteiger partial charge is 0.311 e. The molecular weight excluding hydrogens is 316 g/mol. The fourth-order valence-electron chi connectivity index (χ4n) is 3.60. The number of fused-ring (bicyclic) bond motifs is 1. The molecule has 3 rings (SSSR count). The molecule has 1 aromatic rings. The second kappa shape index (κ2) is 4.99. The zero-order valence-corrected chi connectivity index (χ0v) is 12.4. The van der Waals surface area contributed by atoms with Crippen LogP contribution in [0.3, 0.4) is 0 Å². The molecule has 22 heavy (non-hydrogen) atoms. The van der Waals surface area contributed by atoms with E-state index in [1.165, 1.54) is 0 Å². The Balaban J connectivity index is 1.99. The summed E-state index contributed by atoms with van der Waals surface area (Å²) in [4.78, 5) is 10.8. The third-order valence-corrected chi connectivity index (χ3v) is 6.63. The van der Waals surface area contributed by atoms with Crippen molar-refractivity contribution in [1.82, 2.24) is 4.31 Å². The summed E-state index contributed by atoms with van der Waals surface area (Å²) < 4.78 is 53.1. The minimum Gasteiger partial charge on any atom is -0.481 e. The van der Waals surface area contributed by atoms with E-state index in [2.05, 4.69) is 0 Å². The summed E-state index contributed by atoms with van der Waals surface area (Å²) >= 11 is 0. The molecule has 0 spiro atoms. The van der Waals surface area contributed by atoms with Crippen molar-refractivity contribution in [3.8, 4) is 0 Å². The van der Waals surface area contributed by atoms with Crippen LogP contribution in [0.1, 0.15) is 19.3 Å². The first-order valence-electron chi connectivity index (χ1n) is 6.96. The van der Waals surface area contributed by atoms with Crippen LogP contribution in [-0.4, -0.2) is 36.9 Å². The van der Waals surface area contributed by atoms with Gasteiger partial charge in [-0.05, 0) is 30.9 Å². The van der Waals surface area contributed by atoms with Crippen LogP contribution in [-0.2, 0) is 14.8 Å². The first kappa shape index (κ1) is 15.4. The van der Waals surface area contributed by atoms with E-state index in [9.17, 15) is 27.1 Å². The molecule has 1 aromatic carbocycles. The molecule has 1 saturated carbocycles. The van der Waals surface area contributed by atoms with E-state index in [0.717, 1.165) is 28.9 Å². The average molecular weight is 331 g/mol. The highest BCUT2D eigenvalue weighted by atomic mass is 32.2. The van der Waals surface area contributed by atoms with Crippen molar-refractivity contribution in [2.24, 2.45) is 11.3 Å². The van der Waals surface area contributed by atoms with Gasteiger partial charge in [-0.3, -0.25) is 4.79 Å². The number of aliphatic carboxylic acids is 1. The maximum Gasteiger partial charge on any atom is 0.311 e. The second-order valence-corrected chi connectivity index (χ2v) is 7.81. The van der Waals surface area contributed by atoms with Gasteiger partial charge in [-0.25, -0.2) is 17.2 Å². The molecule has 1 heterocycles. The number of benzene rings is 1. The SMILES string of the molecule is O=C(O)[C@@]12CCC[C@H]1CN(S(=O)(=O)c1cccc(F)c1F)C2. The minimum atomic E-state index is -4.25. The largest absolute Gasteiger partial charge is 0.481 e. The molecule has 5 nitrogen and oxygen atoms in total. The van der Waals surface area contributed by atoms with Gasteiger partial charge in [0, 0.05) is 13.1 Å². The number of sulfonamides is 1. The van der Waals surface area contributed by atoms with E-state index in [4.69, 9.17) is 0 Å². The van der Waals surface area contributed by atoms with E-state index >= 15 is 0 Å². The monoisotopic (exact) mass is 331 g/mol. The van der Waals surface area contributed by atoms with Crippen LogP contribution in [0, 0.1) is 23.0 Å². The topological polar surface area (TPSA) is 74.7 Å². The lowest BCUT2D eigenvalue weighted by atomic mass is 9.81. The van der Waals surface area contributed by atoms with Crippen molar-refractivity contribution >= 4 is 16.0 Å². The van der Waals surface area contributed by atoms with E-state index in [1.807, 2.05) is 0 Å². The van der Waals surface area contributed by atoms with Crippen LogP contribution in [0.2, 0.25) is 0 Å². The van der Waals surface area contributed by atoms with Gasteiger partial charge in [0.15, 0.2) is 11.6 Å². The van der Waals surface area contributed by atoms with E-state index in [0.29, 0.717) is 12.8 Å². The predicted molar refractivity (Wildman–Crippen MR) is 72.5 cm³/mol. The quantitative estimate of drug-likeness (QED) is 0.917. The molecule has 2 aliphatic rings. The highest BCUT2D eigenvalue weighted by Crippen LogP contribution is 2.50. The lowest BCUT2D eigenvalue weighted by Crippen LogP contribution is -2.37. The zero-order chi connectivity index (χ0) is 16.1. The molecule has 120 valence electrons. The molecule has 0 unspecified atom stereocenters. The maximum absolute atomic E-state index is 13.8. The summed E-state index contributed by atoms with van der Waals surface area (Å²) in [6.07, 6.45) is 1.77. The summed E-state index contributed by atoms with van der Waals surface area (Å²) in [6, 6.07) is 2.95. The Hall–Kier alpha value is -1.54. The van der Waals surface area contributed by atoms with Crippen LogP contribution >= 0.6 is 0 Å². The van der Waals surface area contributed by atoms with Gasteiger partial charge in [-0.15, -0.1) is 0 Å². The fourth-order valence-corrected chi connectivity index (χ4v) is 5.23. The van der Waals surface area contributed by atoms with E-state index < -0.39 is 37.9 Å². The predicted octanol–water partition coefficient (Wildman–Crippen LogP) is 1.84. The number of nitrogens with zero attached hydrogens (tertiary/aromatic N) is 1. The molecule has 1 aliphatic carbocycles. The molecule has 0 bridgehead atoms. The maximum atomic E-state index is 13.8. The van der Waals surface area contributed by atoms with Crippen LogP contribution in [0.15, 0.2) is 23.1 Å². The van der Waals surface area contributed by atoms with Crippen molar-refractivity contribution in [1.29, 1.82) is 0 Å². The lowest BCUT2D eigenvalue weighted by Gasteiger charge is -2.23. The average Bonchev–Trinajstić information content (AvgIpc) is 2.99. The van der Waals surface area contributed by atoms with Gasteiger partial charge in [0.2, 0.25) is 10.0 Å². The normalized spacial score (nSPS) is 28.7. The molecular formula is C14H15F2NO4S. The Morgan fingerprint density at radius 2 is 2.09 bits per heavy atom. The zero-order valence-electron chi connectivity index (χ0n) is 11.6. The van der Waals surface area contributed by atoms with Crippen molar-refractivity contribution in [2.45, 2.75) is 24.2 Å². The molecule has 0 radical (unpaired) electrons. The number of carboxylic acid groups (broad SMARTS) is 1. The Morgan fingerprint density at radius 3 is 2.73 bits per heavy atom. The van der Waals surface area contributed by atoms with Crippen LogP contribution in [0.5, 0.6) is 0 Å². The van der Waals surface area contributed by atoms with Crippen LogP contribution in [0.25, 0.3) is 0 Å².